The predicted molar refractivity (Wildman–Crippen MR) is 118 cm³/mol. The number of amides is 1. The van der Waals surface area contributed by atoms with Crippen molar-refractivity contribution in [1.29, 1.82) is 0 Å². The molecule has 0 aliphatic rings. The van der Waals surface area contributed by atoms with Gasteiger partial charge in [-0.05, 0) is 13.0 Å². The van der Waals surface area contributed by atoms with E-state index >= 15 is 0 Å². The van der Waals surface area contributed by atoms with Gasteiger partial charge in [-0.2, -0.15) is 0 Å². The van der Waals surface area contributed by atoms with Crippen LogP contribution in [0.15, 0.2) is 88.3 Å². The van der Waals surface area contributed by atoms with E-state index in [-0.39, 0.29) is 6.61 Å². The summed E-state index contributed by atoms with van der Waals surface area (Å²) in [5.41, 5.74) is 5.14. The number of aliphatic imine (C=N–C) groups is 1. The lowest BCUT2D eigenvalue weighted by molar-refractivity contribution is 0.142. The van der Waals surface area contributed by atoms with Gasteiger partial charge >= 0.3 is 6.09 Å². The molecular weight excluding hydrogens is 376 g/mol. The molecule has 0 spiro atoms. The van der Waals surface area contributed by atoms with E-state index in [0.717, 1.165) is 33.5 Å². The highest BCUT2D eigenvalue weighted by Crippen LogP contribution is 2.34. The number of furan rings is 1. The summed E-state index contributed by atoms with van der Waals surface area (Å²) < 4.78 is 11.3. The molecule has 1 aromatic heterocycles. The van der Waals surface area contributed by atoms with Crippen LogP contribution in [0.1, 0.15) is 22.5 Å². The molecule has 5 heteroatoms. The first kappa shape index (κ1) is 19.5. The molecule has 1 heterocycles. The van der Waals surface area contributed by atoms with Crippen molar-refractivity contribution in [3.05, 3.63) is 101 Å². The van der Waals surface area contributed by atoms with E-state index in [1.807, 2.05) is 85.8 Å². The van der Waals surface area contributed by atoms with Crippen LogP contribution in [0.2, 0.25) is 0 Å². The van der Waals surface area contributed by atoms with Crippen LogP contribution in [0.4, 0.5) is 10.5 Å². The fourth-order valence-corrected chi connectivity index (χ4v) is 3.36. The molecule has 0 atom stereocenters. The Morgan fingerprint density at radius 3 is 2.17 bits per heavy atom. The average molecular weight is 398 g/mol. The van der Waals surface area contributed by atoms with Crippen molar-refractivity contribution < 1.29 is 13.9 Å². The first-order valence-corrected chi connectivity index (χ1v) is 9.72. The number of nitrogens with zero attached hydrogens (tertiary/aromatic N) is 1. The van der Waals surface area contributed by atoms with Crippen LogP contribution in [-0.2, 0) is 11.3 Å². The number of alkyl carbamates (subject to hydrolysis) is 1. The number of fused-ring (bicyclic) bond motifs is 1. The number of carbonyl (C=O) groups is 1. The van der Waals surface area contributed by atoms with Gasteiger partial charge in [0.2, 0.25) is 0 Å². The number of rotatable bonds is 5. The van der Waals surface area contributed by atoms with Gasteiger partial charge in [-0.15, -0.1) is 0 Å². The molecule has 0 saturated carbocycles. The van der Waals surface area contributed by atoms with Crippen molar-refractivity contribution in [2.24, 2.45) is 4.99 Å². The highest BCUT2D eigenvalue weighted by atomic mass is 16.5. The van der Waals surface area contributed by atoms with E-state index in [1.54, 1.807) is 0 Å². The van der Waals surface area contributed by atoms with Crippen LogP contribution in [0.25, 0.3) is 11.0 Å². The van der Waals surface area contributed by atoms with Gasteiger partial charge in [-0.25, -0.2) is 9.79 Å². The number of carbonyl (C=O) groups excluding carboxylic acids is 1. The zero-order chi connectivity index (χ0) is 20.9. The second-order valence-electron chi connectivity index (χ2n) is 6.81. The van der Waals surface area contributed by atoms with Crippen molar-refractivity contribution >= 4 is 28.5 Å². The van der Waals surface area contributed by atoms with Crippen LogP contribution in [0, 0.1) is 6.92 Å². The van der Waals surface area contributed by atoms with E-state index in [4.69, 9.17) is 14.1 Å². The van der Waals surface area contributed by atoms with E-state index in [0.29, 0.717) is 11.3 Å². The Bertz CT molecular complexity index is 1150. The molecule has 30 heavy (non-hydrogen) atoms. The molecule has 0 bridgehead atoms. The molecule has 1 N–H and O–H groups in total. The lowest BCUT2D eigenvalue weighted by atomic mass is 10.0. The summed E-state index contributed by atoms with van der Waals surface area (Å²) in [6, 6.07) is 26.0. The fraction of sp³-hybridized carbons (Fsp3) is 0.120. The van der Waals surface area contributed by atoms with Crippen LogP contribution in [0.5, 0.6) is 0 Å². The third kappa shape index (κ3) is 3.96. The second-order valence-corrected chi connectivity index (χ2v) is 6.81. The van der Waals surface area contributed by atoms with Gasteiger partial charge in [-0.3, -0.25) is 0 Å². The Kier molecular flexibility index (Phi) is 5.61. The van der Waals surface area contributed by atoms with Gasteiger partial charge < -0.3 is 14.5 Å². The summed E-state index contributed by atoms with van der Waals surface area (Å²) in [4.78, 5) is 16.5. The molecule has 0 radical (unpaired) electrons. The third-order valence-corrected chi connectivity index (χ3v) is 4.88. The Labute approximate surface area is 175 Å². The van der Waals surface area contributed by atoms with E-state index in [1.165, 1.54) is 7.05 Å². The SMILES string of the molecule is CNC(=O)OCc1c(C)oc2c(N=C(c3ccccc3)c3ccccc3)cccc12. The molecule has 0 unspecified atom stereocenters. The van der Waals surface area contributed by atoms with Gasteiger partial charge in [0.1, 0.15) is 18.1 Å². The number of benzene rings is 3. The minimum absolute atomic E-state index is 0.135. The van der Waals surface area contributed by atoms with Crippen LogP contribution >= 0.6 is 0 Å². The summed E-state index contributed by atoms with van der Waals surface area (Å²) >= 11 is 0. The number of hydrogen-bond acceptors (Lipinski definition) is 4. The molecule has 0 aliphatic heterocycles. The summed E-state index contributed by atoms with van der Waals surface area (Å²) in [5.74, 6) is 0.706. The summed E-state index contributed by atoms with van der Waals surface area (Å²) in [6.07, 6.45) is -0.478. The molecule has 4 aromatic rings. The zero-order valence-corrected chi connectivity index (χ0v) is 16.9. The molecule has 150 valence electrons. The van der Waals surface area contributed by atoms with Crippen molar-refractivity contribution in [3.8, 4) is 0 Å². The largest absolute Gasteiger partial charge is 0.459 e. The van der Waals surface area contributed by atoms with E-state index in [9.17, 15) is 4.79 Å². The Morgan fingerprint density at radius 1 is 0.933 bits per heavy atom. The maximum Gasteiger partial charge on any atom is 0.407 e. The summed E-state index contributed by atoms with van der Waals surface area (Å²) in [6.45, 7) is 2.00. The highest BCUT2D eigenvalue weighted by Gasteiger charge is 2.16. The lowest BCUT2D eigenvalue weighted by Crippen LogP contribution is -2.18. The molecule has 1 amide bonds. The summed E-state index contributed by atoms with van der Waals surface area (Å²) in [5, 5.41) is 3.34. The van der Waals surface area contributed by atoms with Crippen molar-refractivity contribution in [3.63, 3.8) is 0 Å². The quantitative estimate of drug-likeness (QED) is 0.434. The van der Waals surface area contributed by atoms with Gasteiger partial charge in [0, 0.05) is 29.1 Å². The zero-order valence-electron chi connectivity index (χ0n) is 16.9. The third-order valence-electron chi connectivity index (χ3n) is 4.88. The lowest BCUT2D eigenvalue weighted by Gasteiger charge is -2.08. The number of hydrogen-bond donors (Lipinski definition) is 1. The number of nitrogens with one attached hydrogen (secondary N) is 1. The van der Waals surface area contributed by atoms with Crippen LogP contribution in [0.3, 0.4) is 0 Å². The molecule has 0 aliphatic carbocycles. The van der Waals surface area contributed by atoms with Gasteiger partial charge in [0.05, 0.1) is 5.71 Å². The molecule has 0 saturated heterocycles. The van der Waals surface area contributed by atoms with E-state index < -0.39 is 6.09 Å². The maximum absolute atomic E-state index is 11.5. The normalized spacial score (nSPS) is 10.6. The molecule has 4 rings (SSSR count). The topological polar surface area (TPSA) is 63.8 Å². The monoisotopic (exact) mass is 398 g/mol. The average Bonchev–Trinajstić information content (AvgIpc) is 3.12. The Balaban J connectivity index is 1.83. The smallest absolute Gasteiger partial charge is 0.407 e. The number of para-hydroxylation sites is 1. The van der Waals surface area contributed by atoms with Crippen molar-refractivity contribution in [1.82, 2.24) is 5.32 Å². The molecule has 0 fully saturated rings. The minimum Gasteiger partial charge on any atom is -0.459 e. The number of aryl methyl sites for hydroxylation is 1. The van der Waals surface area contributed by atoms with E-state index in [2.05, 4.69) is 5.32 Å². The first-order chi connectivity index (χ1) is 14.7. The fourth-order valence-electron chi connectivity index (χ4n) is 3.36. The first-order valence-electron chi connectivity index (χ1n) is 9.72. The van der Waals surface area contributed by atoms with Crippen LogP contribution < -0.4 is 5.32 Å². The summed E-state index contributed by atoms with van der Waals surface area (Å²) in [7, 11) is 1.53. The minimum atomic E-state index is -0.478. The maximum atomic E-state index is 11.5. The van der Waals surface area contributed by atoms with Gasteiger partial charge in [-0.1, -0.05) is 72.8 Å². The molecule has 5 nitrogen and oxygen atoms in total. The molecule has 3 aromatic carbocycles. The Morgan fingerprint density at radius 2 is 1.57 bits per heavy atom. The number of ether oxygens (including phenoxy) is 1. The van der Waals surface area contributed by atoms with Crippen molar-refractivity contribution in [2.75, 3.05) is 7.05 Å². The highest BCUT2D eigenvalue weighted by molar-refractivity contribution is 6.14. The predicted octanol–water partition coefficient (Wildman–Crippen LogP) is 5.77. The second kappa shape index (κ2) is 8.66. The van der Waals surface area contributed by atoms with Crippen molar-refractivity contribution in [2.45, 2.75) is 13.5 Å². The molecular formula is C25H22N2O3. The Hall–Kier alpha value is -3.86. The van der Waals surface area contributed by atoms with Gasteiger partial charge in [0.15, 0.2) is 5.58 Å². The van der Waals surface area contributed by atoms with Crippen LogP contribution in [-0.4, -0.2) is 18.9 Å². The standard InChI is InChI=1S/C25H22N2O3/c1-17-21(16-29-25(28)26-2)20-14-9-15-22(24(20)30-17)27-23(18-10-5-3-6-11-18)19-12-7-4-8-13-19/h3-15H,16H2,1-2H3,(H,26,28). The van der Waals surface area contributed by atoms with Gasteiger partial charge in [0.25, 0.3) is 0 Å².